The second kappa shape index (κ2) is 9.85. The van der Waals surface area contributed by atoms with Gasteiger partial charge in [0, 0.05) is 37.5 Å². The predicted molar refractivity (Wildman–Crippen MR) is 141 cm³/mol. The van der Waals surface area contributed by atoms with Crippen LogP contribution in [0.15, 0.2) is 48.6 Å². The first-order chi connectivity index (χ1) is 18.1. The Morgan fingerprint density at radius 3 is 2.45 bits per heavy atom. The summed E-state index contributed by atoms with van der Waals surface area (Å²) in [7, 11) is 0. The highest BCUT2D eigenvalue weighted by Crippen LogP contribution is 2.54. The monoisotopic (exact) mass is 523 g/mol. The van der Waals surface area contributed by atoms with E-state index in [4.69, 9.17) is 9.47 Å². The van der Waals surface area contributed by atoms with Gasteiger partial charge in [0.25, 0.3) is 0 Å². The Labute approximate surface area is 223 Å². The molecule has 1 spiro atoms. The first-order valence-corrected chi connectivity index (χ1v) is 13.4. The van der Waals surface area contributed by atoms with Gasteiger partial charge in [-0.05, 0) is 58.4 Å². The number of anilines is 1. The third-order valence-electron chi connectivity index (χ3n) is 7.99. The third kappa shape index (κ3) is 4.12. The summed E-state index contributed by atoms with van der Waals surface area (Å²) in [6.07, 6.45) is 7.19. The number of hydrogen-bond donors (Lipinski definition) is 1. The van der Waals surface area contributed by atoms with Crippen LogP contribution in [0.25, 0.3) is 0 Å². The van der Waals surface area contributed by atoms with Gasteiger partial charge in [-0.2, -0.15) is 0 Å². The lowest BCUT2D eigenvalue weighted by Gasteiger charge is -2.40. The summed E-state index contributed by atoms with van der Waals surface area (Å²) in [5.74, 6) is -1.61. The van der Waals surface area contributed by atoms with E-state index in [1.807, 2.05) is 76.3 Å². The van der Waals surface area contributed by atoms with Crippen molar-refractivity contribution >= 4 is 23.4 Å². The minimum absolute atomic E-state index is 0.110. The number of amides is 3. The number of nitrogens with zero attached hydrogens (tertiary/aromatic N) is 3. The molecule has 3 amide bonds. The minimum Gasteiger partial charge on any atom is -0.494 e. The maximum atomic E-state index is 14.2. The van der Waals surface area contributed by atoms with Crippen LogP contribution < -0.4 is 9.64 Å². The van der Waals surface area contributed by atoms with Gasteiger partial charge in [-0.25, -0.2) is 0 Å². The molecule has 1 aromatic rings. The van der Waals surface area contributed by atoms with Gasteiger partial charge in [-0.3, -0.25) is 14.4 Å². The highest BCUT2D eigenvalue weighted by molar-refractivity contribution is 6.03. The Kier molecular flexibility index (Phi) is 6.86. The Morgan fingerprint density at radius 2 is 1.79 bits per heavy atom. The molecule has 4 aliphatic rings. The lowest BCUT2D eigenvalue weighted by molar-refractivity contribution is -0.150. The average Bonchev–Trinajstić information content (AvgIpc) is 3.17. The van der Waals surface area contributed by atoms with E-state index in [1.54, 1.807) is 9.80 Å². The maximum absolute atomic E-state index is 14.2. The molecule has 204 valence electrons. The van der Waals surface area contributed by atoms with Crippen LogP contribution in [0.3, 0.4) is 0 Å². The van der Waals surface area contributed by atoms with Crippen molar-refractivity contribution < 1.29 is 29.0 Å². The molecule has 1 aromatic carbocycles. The van der Waals surface area contributed by atoms with E-state index in [-0.39, 0.29) is 30.9 Å². The van der Waals surface area contributed by atoms with E-state index in [0.29, 0.717) is 37.6 Å². The summed E-state index contributed by atoms with van der Waals surface area (Å²) < 4.78 is 12.2. The molecule has 2 fully saturated rings. The molecule has 0 aromatic heterocycles. The van der Waals surface area contributed by atoms with Gasteiger partial charge in [0.1, 0.15) is 17.4 Å². The quantitative estimate of drug-likeness (QED) is 0.574. The van der Waals surface area contributed by atoms with Crippen LogP contribution in [0, 0.1) is 11.8 Å². The number of aliphatic hydroxyl groups excluding tert-OH is 1. The summed E-state index contributed by atoms with van der Waals surface area (Å²) in [6, 6.07) is 6.42. The molecule has 1 unspecified atom stereocenters. The third-order valence-corrected chi connectivity index (χ3v) is 7.99. The number of benzene rings is 1. The van der Waals surface area contributed by atoms with Crippen LogP contribution >= 0.6 is 0 Å². The van der Waals surface area contributed by atoms with Crippen molar-refractivity contribution in [2.75, 3.05) is 37.7 Å². The zero-order chi connectivity index (χ0) is 27.2. The number of carbonyl (C=O) groups is 3. The van der Waals surface area contributed by atoms with Crippen molar-refractivity contribution in [3.8, 4) is 5.75 Å². The fourth-order valence-electron chi connectivity index (χ4n) is 6.34. The number of aliphatic hydroxyl groups is 1. The smallest absolute Gasteiger partial charge is 0.249 e. The number of carbonyl (C=O) groups excluding carboxylic acids is 3. The Bertz CT molecular complexity index is 1160. The summed E-state index contributed by atoms with van der Waals surface area (Å²) >= 11 is 0. The van der Waals surface area contributed by atoms with Gasteiger partial charge < -0.3 is 29.3 Å². The molecule has 2 saturated heterocycles. The van der Waals surface area contributed by atoms with Gasteiger partial charge >= 0.3 is 0 Å². The molecule has 1 N–H and O–H groups in total. The van der Waals surface area contributed by atoms with Crippen LogP contribution in [0.1, 0.15) is 34.1 Å². The van der Waals surface area contributed by atoms with Gasteiger partial charge in [-0.15, -0.1) is 0 Å². The summed E-state index contributed by atoms with van der Waals surface area (Å²) in [4.78, 5) is 47.3. The minimum atomic E-state index is -1.26. The van der Waals surface area contributed by atoms with E-state index < -0.39 is 35.1 Å². The van der Waals surface area contributed by atoms with Gasteiger partial charge in [-0.1, -0.05) is 24.3 Å². The lowest BCUT2D eigenvalue weighted by atomic mass is 9.77. The first kappa shape index (κ1) is 26.4. The van der Waals surface area contributed by atoms with E-state index >= 15 is 0 Å². The first-order valence-electron chi connectivity index (χ1n) is 13.4. The summed E-state index contributed by atoms with van der Waals surface area (Å²) in [6.45, 7) is 9.18. The zero-order valence-electron chi connectivity index (χ0n) is 22.5. The van der Waals surface area contributed by atoms with Crippen LogP contribution in [-0.4, -0.2) is 88.8 Å². The number of likely N-dealkylation sites (tertiary alicyclic amines) is 1. The average molecular weight is 524 g/mol. The number of rotatable bonds is 6. The zero-order valence-corrected chi connectivity index (χ0v) is 22.5. The molecular formula is C29H37N3O6. The van der Waals surface area contributed by atoms with E-state index in [2.05, 4.69) is 0 Å². The maximum Gasteiger partial charge on any atom is 0.249 e. The number of ether oxygens (including phenoxy) is 2. The highest BCUT2D eigenvalue weighted by atomic mass is 16.5. The van der Waals surface area contributed by atoms with Gasteiger partial charge in [0.05, 0.1) is 24.5 Å². The molecular weight excluding hydrogens is 486 g/mol. The predicted octanol–water partition coefficient (Wildman–Crippen LogP) is 2.15. The summed E-state index contributed by atoms with van der Waals surface area (Å²) in [5, 5.41) is 9.54. The van der Waals surface area contributed by atoms with Crippen molar-refractivity contribution in [2.24, 2.45) is 11.8 Å². The number of fused-ring (bicyclic) bond motifs is 2. The molecule has 38 heavy (non-hydrogen) atoms. The second-order valence-electron chi connectivity index (χ2n) is 11.3. The fraction of sp³-hybridized carbons (Fsp3) is 0.552. The molecule has 0 bridgehead atoms. The Morgan fingerprint density at radius 1 is 1.05 bits per heavy atom. The molecule has 5 atom stereocenters. The molecule has 0 aliphatic carbocycles. The standard InChI is InChI=1S/C29H37N3O6/c1-5-37-20-12-10-19(11-13-20)30-15-6-9-21-22(25(30)34)23-26(35)31(16-8-18-33)24-27(36)32(28(2,3)4)17-7-14-29(23,24)38-21/h6-7,9-14,21-24,33H,5,8,15-18H2,1-4H3/t21-,22+,23-,24?,29-/m0/s1. The Balaban J connectivity index is 1.55. The normalized spacial score (nSPS) is 30.8. The Hall–Kier alpha value is -3.17. The lowest BCUT2D eigenvalue weighted by Crippen LogP contribution is -2.58. The van der Waals surface area contributed by atoms with Crippen LogP contribution in [0.2, 0.25) is 0 Å². The van der Waals surface area contributed by atoms with Gasteiger partial charge in [0.2, 0.25) is 17.7 Å². The van der Waals surface area contributed by atoms with Crippen molar-refractivity contribution in [1.82, 2.24) is 9.80 Å². The van der Waals surface area contributed by atoms with E-state index in [9.17, 15) is 19.5 Å². The van der Waals surface area contributed by atoms with Crippen molar-refractivity contribution in [3.63, 3.8) is 0 Å². The molecule has 9 nitrogen and oxygen atoms in total. The van der Waals surface area contributed by atoms with Crippen LogP contribution in [0.5, 0.6) is 5.75 Å². The highest BCUT2D eigenvalue weighted by Gasteiger charge is 2.72. The largest absolute Gasteiger partial charge is 0.494 e. The molecule has 0 saturated carbocycles. The van der Waals surface area contributed by atoms with Gasteiger partial charge in [0.15, 0.2) is 0 Å². The number of hydrogen-bond acceptors (Lipinski definition) is 6. The molecule has 9 heteroatoms. The van der Waals surface area contributed by atoms with E-state index in [0.717, 1.165) is 0 Å². The summed E-state index contributed by atoms with van der Waals surface area (Å²) in [5.41, 5.74) is -1.03. The van der Waals surface area contributed by atoms with Crippen molar-refractivity contribution in [1.29, 1.82) is 0 Å². The van der Waals surface area contributed by atoms with Crippen molar-refractivity contribution in [2.45, 2.75) is 57.4 Å². The fourth-order valence-corrected chi connectivity index (χ4v) is 6.34. The topological polar surface area (TPSA) is 99.6 Å². The molecule has 4 aliphatic heterocycles. The van der Waals surface area contributed by atoms with Crippen molar-refractivity contribution in [3.05, 3.63) is 48.6 Å². The molecule has 5 rings (SSSR count). The van der Waals surface area contributed by atoms with Crippen LogP contribution in [0.4, 0.5) is 5.69 Å². The SMILES string of the molecule is CCOc1ccc(N2CC=C[C@@H]3O[C@]45C=CCN(C(C)(C)C)C(=O)C4N(CCCO)C(=O)[C@@H]5[C@@H]3C2=O)cc1. The van der Waals surface area contributed by atoms with E-state index in [1.165, 1.54) is 4.90 Å². The molecule has 0 radical (unpaired) electrons. The molecule has 4 heterocycles. The second-order valence-corrected chi connectivity index (χ2v) is 11.3. The van der Waals surface area contributed by atoms with Crippen LogP contribution in [-0.2, 0) is 19.1 Å².